The van der Waals surface area contributed by atoms with Gasteiger partial charge in [0.25, 0.3) is 5.56 Å². The van der Waals surface area contributed by atoms with Crippen LogP contribution in [-0.4, -0.2) is 34.1 Å². The van der Waals surface area contributed by atoms with Crippen LogP contribution in [0, 0.1) is 5.92 Å². The van der Waals surface area contributed by atoms with Gasteiger partial charge in [-0.05, 0) is 60.2 Å². The van der Waals surface area contributed by atoms with Crippen molar-refractivity contribution in [3.8, 4) is 11.3 Å². The van der Waals surface area contributed by atoms with E-state index < -0.39 is 23.5 Å². The third kappa shape index (κ3) is 4.86. The van der Waals surface area contributed by atoms with Gasteiger partial charge in [0.2, 0.25) is 0 Å². The van der Waals surface area contributed by atoms with Gasteiger partial charge in [-0.3, -0.25) is 4.79 Å². The highest BCUT2D eigenvalue weighted by molar-refractivity contribution is 5.91. The lowest BCUT2D eigenvalue weighted by Gasteiger charge is -2.42. The Labute approximate surface area is 219 Å². The quantitative estimate of drug-likeness (QED) is 0.290. The molecule has 10 heteroatoms. The molecule has 1 saturated heterocycles. The molecule has 2 aromatic carbocycles. The molecular weight excluding hydrogens is 520 g/mol. The van der Waals surface area contributed by atoms with Crippen LogP contribution >= 0.6 is 0 Å². The maximum absolute atomic E-state index is 13.6. The third-order valence-corrected chi connectivity index (χ3v) is 7.92. The molecule has 4 nitrogen and oxygen atoms in total. The van der Waals surface area contributed by atoms with E-state index in [1.165, 1.54) is 0 Å². The van der Waals surface area contributed by atoms with Crippen molar-refractivity contribution in [2.24, 2.45) is 5.92 Å². The molecule has 0 spiro atoms. The summed E-state index contributed by atoms with van der Waals surface area (Å²) in [4.78, 5) is 17.7. The summed E-state index contributed by atoms with van der Waals surface area (Å²) in [5.74, 6) is 0.503. The number of piperidine rings is 1. The summed E-state index contributed by atoms with van der Waals surface area (Å²) in [5.41, 5.74) is -0.209. The van der Waals surface area contributed by atoms with Crippen LogP contribution in [0.4, 0.5) is 26.3 Å². The molecule has 1 N–H and O–H groups in total. The number of likely N-dealkylation sites (tertiary alicyclic amines) is 1. The molecule has 2 atom stereocenters. The summed E-state index contributed by atoms with van der Waals surface area (Å²) >= 11 is 0. The van der Waals surface area contributed by atoms with Crippen molar-refractivity contribution in [2.75, 3.05) is 19.6 Å². The second kappa shape index (κ2) is 9.29. The van der Waals surface area contributed by atoms with Gasteiger partial charge < -0.3 is 14.5 Å². The van der Waals surface area contributed by atoms with Crippen LogP contribution in [0.25, 0.3) is 22.2 Å². The standard InChI is InChI=1S/C29H25F6N3O/c30-28(31,32)20-11-18(12-21(13-20)29(33,34)35)27-23(22-4-1-2-5-24(22)36-27)8-9-37-14-17-10-19(16-37)25-6-3-7-26(39)38(25)15-17/h1-7,11-13,17,19,36H,8-10,14-16H2. The van der Waals surface area contributed by atoms with E-state index >= 15 is 0 Å². The summed E-state index contributed by atoms with van der Waals surface area (Å²) < 4.78 is 83.4. The van der Waals surface area contributed by atoms with Crippen LogP contribution in [-0.2, 0) is 25.3 Å². The Hall–Kier alpha value is -3.53. The number of halogens is 6. The summed E-state index contributed by atoms with van der Waals surface area (Å²) in [6.45, 7) is 2.74. The molecule has 2 aliphatic rings. The van der Waals surface area contributed by atoms with E-state index in [0.717, 1.165) is 42.7 Å². The van der Waals surface area contributed by atoms with Crippen molar-refractivity contribution in [3.05, 3.63) is 93.4 Å². The van der Waals surface area contributed by atoms with E-state index in [-0.39, 0.29) is 28.8 Å². The minimum atomic E-state index is -4.92. The van der Waals surface area contributed by atoms with Gasteiger partial charge in [-0.2, -0.15) is 26.3 Å². The van der Waals surface area contributed by atoms with E-state index in [9.17, 15) is 31.1 Å². The van der Waals surface area contributed by atoms with Gasteiger partial charge in [-0.25, -0.2) is 0 Å². The lowest BCUT2D eigenvalue weighted by atomic mass is 9.83. The Morgan fingerprint density at radius 1 is 0.846 bits per heavy atom. The van der Waals surface area contributed by atoms with Crippen molar-refractivity contribution >= 4 is 10.9 Å². The molecule has 0 aliphatic carbocycles. The molecule has 1 fully saturated rings. The molecule has 2 aliphatic heterocycles. The van der Waals surface area contributed by atoms with Crippen molar-refractivity contribution in [3.63, 3.8) is 0 Å². The minimum Gasteiger partial charge on any atom is -0.354 e. The molecule has 6 rings (SSSR count). The molecule has 0 radical (unpaired) electrons. The van der Waals surface area contributed by atoms with Crippen LogP contribution in [0.15, 0.2) is 65.5 Å². The van der Waals surface area contributed by atoms with E-state index in [1.807, 2.05) is 16.7 Å². The fraction of sp³-hybridized carbons (Fsp3) is 0.345. The zero-order chi connectivity index (χ0) is 27.5. The van der Waals surface area contributed by atoms with Crippen molar-refractivity contribution in [2.45, 2.75) is 37.7 Å². The zero-order valence-electron chi connectivity index (χ0n) is 20.7. The smallest absolute Gasteiger partial charge is 0.354 e. The summed E-state index contributed by atoms with van der Waals surface area (Å²) in [7, 11) is 0. The van der Waals surface area contributed by atoms with Crippen LogP contribution in [0.1, 0.15) is 34.7 Å². The summed E-state index contributed by atoms with van der Waals surface area (Å²) in [6.07, 6.45) is -8.42. The first-order valence-corrected chi connectivity index (χ1v) is 12.8. The van der Waals surface area contributed by atoms with Gasteiger partial charge in [0, 0.05) is 60.5 Å². The van der Waals surface area contributed by atoms with E-state index in [0.29, 0.717) is 36.5 Å². The SMILES string of the molecule is O=c1cccc2n1CC1CC2CN(CCc2c(-c3cc(C(F)(F)F)cc(C(F)(F)F)c3)[nH]c3ccccc23)C1. The lowest BCUT2D eigenvalue weighted by Crippen LogP contribution is -2.47. The number of hydrogen-bond donors (Lipinski definition) is 1. The first-order valence-electron chi connectivity index (χ1n) is 12.8. The number of para-hydroxylation sites is 1. The number of nitrogens with zero attached hydrogens (tertiary/aromatic N) is 2. The van der Waals surface area contributed by atoms with Crippen molar-refractivity contribution in [1.29, 1.82) is 0 Å². The van der Waals surface area contributed by atoms with Crippen LogP contribution < -0.4 is 5.56 Å². The fourth-order valence-corrected chi connectivity index (χ4v) is 6.25. The number of rotatable bonds is 4. The number of nitrogens with one attached hydrogen (secondary N) is 1. The lowest BCUT2D eigenvalue weighted by molar-refractivity contribution is -0.143. The highest BCUT2D eigenvalue weighted by atomic mass is 19.4. The van der Waals surface area contributed by atoms with Crippen LogP contribution in [0.3, 0.4) is 0 Å². The number of aromatic nitrogens is 2. The molecule has 204 valence electrons. The van der Waals surface area contributed by atoms with Crippen molar-refractivity contribution in [1.82, 2.24) is 14.5 Å². The maximum Gasteiger partial charge on any atom is 0.416 e. The van der Waals surface area contributed by atoms with E-state index in [2.05, 4.69) is 9.88 Å². The van der Waals surface area contributed by atoms with E-state index in [1.54, 1.807) is 30.3 Å². The van der Waals surface area contributed by atoms with Gasteiger partial charge >= 0.3 is 12.4 Å². The van der Waals surface area contributed by atoms with Gasteiger partial charge in [0.15, 0.2) is 0 Å². The molecule has 4 heterocycles. The molecule has 2 unspecified atom stereocenters. The van der Waals surface area contributed by atoms with Gasteiger partial charge in [-0.1, -0.05) is 24.3 Å². The third-order valence-electron chi connectivity index (χ3n) is 7.92. The zero-order valence-corrected chi connectivity index (χ0v) is 20.7. The number of hydrogen-bond acceptors (Lipinski definition) is 2. The first kappa shape index (κ1) is 25.7. The Balaban J connectivity index is 1.35. The second-order valence-electron chi connectivity index (χ2n) is 10.5. The Bertz CT molecular complexity index is 1570. The molecular formula is C29H25F6N3O. The van der Waals surface area contributed by atoms with Gasteiger partial charge in [0.1, 0.15) is 0 Å². The second-order valence-corrected chi connectivity index (χ2v) is 10.5. The maximum atomic E-state index is 13.6. The minimum absolute atomic E-state index is 0.00148. The molecule has 39 heavy (non-hydrogen) atoms. The first-order chi connectivity index (χ1) is 18.5. The Morgan fingerprint density at radius 3 is 2.28 bits per heavy atom. The van der Waals surface area contributed by atoms with Crippen LogP contribution in [0.2, 0.25) is 0 Å². The van der Waals surface area contributed by atoms with Gasteiger partial charge in [0.05, 0.1) is 11.1 Å². The fourth-order valence-electron chi connectivity index (χ4n) is 6.25. The average molecular weight is 546 g/mol. The largest absolute Gasteiger partial charge is 0.416 e. The van der Waals surface area contributed by atoms with E-state index in [4.69, 9.17) is 0 Å². The predicted octanol–water partition coefficient (Wildman–Crippen LogP) is 6.70. The number of fused-ring (bicyclic) bond motifs is 5. The summed E-state index contributed by atoms with van der Waals surface area (Å²) in [5, 5.41) is 0.771. The highest BCUT2D eigenvalue weighted by Gasteiger charge is 2.38. The summed E-state index contributed by atoms with van der Waals surface area (Å²) in [6, 6.07) is 14.2. The number of benzene rings is 2. The Morgan fingerprint density at radius 2 is 1.56 bits per heavy atom. The van der Waals surface area contributed by atoms with Gasteiger partial charge in [-0.15, -0.1) is 0 Å². The molecule has 0 saturated carbocycles. The predicted molar refractivity (Wildman–Crippen MR) is 135 cm³/mol. The highest BCUT2D eigenvalue weighted by Crippen LogP contribution is 2.41. The molecule has 0 amide bonds. The average Bonchev–Trinajstić information content (AvgIpc) is 3.25. The molecule has 2 bridgehead atoms. The number of H-pyrrole nitrogens is 1. The topological polar surface area (TPSA) is 41.0 Å². The number of pyridine rings is 1. The molecule has 2 aromatic heterocycles. The normalized spacial score (nSPS) is 19.8. The number of aromatic amines is 1. The Kier molecular flexibility index (Phi) is 6.13. The molecule has 4 aromatic rings. The number of alkyl halides is 6. The van der Waals surface area contributed by atoms with Crippen LogP contribution in [0.5, 0.6) is 0 Å². The van der Waals surface area contributed by atoms with Crippen molar-refractivity contribution < 1.29 is 26.3 Å². The monoisotopic (exact) mass is 545 g/mol.